The van der Waals surface area contributed by atoms with E-state index >= 15 is 0 Å². The number of hydrogen-bond acceptors (Lipinski definition) is 7. The summed E-state index contributed by atoms with van der Waals surface area (Å²) >= 11 is 0. The van der Waals surface area contributed by atoms with Crippen molar-refractivity contribution < 1.29 is 32.2 Å². The molecule has 3 N–H and O–H groups in total. The summed E-state index contributed by atoms with van der Waals surface area (Å²) in [7, 11) is 0. The molecule has 0 spiro atoms. The predicted octanol–water partition coefficient (Wildman–Crippen LogP) is 2.97. The molecule has 0 aliphatic heterocycles. The van der Waals surface area contributed by atoms with E-state index in [1.165, 1.54) is 6.07 Å². The molecule has 2 aromatic heterocycles. The second-order valence-electron chi connectivity index (χ2n) is 6.13. The monoisotopic (exact) mass is 462 g/mol. The lowest BCUT2D eigenvalue weighted by molar-refractivity contribution is -0.137. The van der Waals surface area contributed by atoms with Crippen molar-refractivity contribution in [1.29, 1.82) is 0 Å². The molecule has 3 rings (SSSR count). The number of nitrogens with zero attached hydrogens (tertiary/aromatic N) is 5. The molecule has 166 valence electrons. The number of halogens is 5. The summed E-state index contributed by atoms with van der Waals surface area (Å²) in [6, 6.07) is 3.33. The highest BCUT2D eigenvalue weighted by Crippen LogP contribution is 2.29. The number of hydrogen-bond donors (Lipinski definition) is 2. The van der Waals surface area contributed by atoms with Gasteiger partial charge in [-0.05, 0) is 29.5 Å². The minimum atomic E-state index is -2.91. The van der Waals surface area contributed by atoms with Crippen LogP contribution >= 0.6 is 12.4 Å². The molecule has 0 unspecified atom stereocenters. The lowest BCUT2D eigenvalue weighted by atomic mass is 10.2. The van der Waals surface area contributed by atoms with Crippen LogP contribution in [0.3, 0.4) is 0 Å². The van der Waals surface area contributed by atoms with E-state index < -0.39 is 47.3 Å². The molecular formula is C17H15ClF4N6O3. The number of aromatic nitrogens is 5. The average Bonchev–Trinajstić information content (AvgIpc) is 3.12. The molecule has 0 saturated heterocycles. The maximum atomic E-state index is 14.4. The molecule has 1 aromatic carbocycles. The Morgan fingerprint density at radius 3 is 2.58 bits per heavy atom. The SMILES string of the molecule is Cl.N[C@@H](CC(=O)O)Cn1nnc(-c2ccc(Oc3ncc(C(F)F)cc3F)c(F)c2)n1. The number of tetrazole rings is 1. The van der Waals surface area contributed by atoms with Crippen molar-refractivity contribution in [1.82, 2.24) is 25.2 Å². The summed E-state index contributed by atoms with van der Waals surface area (Å²) in [6.45, 7) is -0.0114. The summed E-state index contributed by atoms with van der Waals surface area (Å²) < 4.78 is 58.3. The van der Waals surface area contributed by atoms with Gasteiger partial charge in [0.15, 0.2) is 17.4 Å². The van der Waals surface area contributed by atoms with Crippen molar-refractivity contribution in [3.8, 4) is 23.0 Å². The van der Waals surface area contributed by atoms with E-state index in [2.05, 4.69) is 20.4 Å². The fourth-order valence-corrected chi connectivity index (χ4v) is 2.40. The average molecular weight is 463 g/mol. The summed E-state index contributed by atoms with van der Waals surface area (Å²) in [5.41, 5.74) is 5.22. The second-order valence-corrected chi connectivity index (χ2v) is 6.13. The molecule has 1 atom stereocenters. The second kappa shape index (κ2) is 10.1. The van der Waals surface area contributed by atoms with Gasteiger partial charge in [0.1, 0.15) is 0 Å². The van der Waals surface area contributed by atoms with Crippen LogP contribution in [0, 0.1) is 11.6 Å². The van der Waals surface area contributed by atoms with E-state index in [0.717, 1.165) is 23.1 Å². The minimum Gasteiger partial charge on any atom is -0.481 e. The van der Waals surface area contributed by atoms with Gasteiger partial charge in [-0.1, -0.05) is 0 Å². The Kier molecular flexibility index (Phi) is 7.83. The van der Waals surface area contributed by atoms with E-state index in [-0.39, 0.29) is 36.8 Å². The Bertz CT molecular complexity index is 1070. The van der Waals surface area contributed by atoms with Gasteiger partial charge in [-0.15, -0.1) is 22.6 Å². The number of alkyl halides is 2. The third-order valence-electron chi connectivity index (χ3n) is 3.76. The van der Waals surface area contributed by atoms with Crippen molar-refractivity contribution >= 4 is 18.4 Å². The molecule has 0 amide bonds. The van der Waals surface area contributed by atoms with Gasteiger partial charge in [0.2, 0.25) is 5.82 Å². The lowest BCUT2D eigenvalue weighted by Gasteiger charge is -2.08. The number of pyridine rings is 1. The Balaban J connectivity index is 0.00000341. The smallest absolute Gasteiger partial charge is 0.304 e. The van der Waals surface area contributed by atoms with Crippen LogP contribution in [-0.4, -0.2) is 42.3 Å². The number of carbonyl (C=O) groups is 1. The molecule has 0 fully saturated rings. The van der Waals surface area contributed by atoms with Crippen LogP contribution in [0.15, 0.2) is 30.5 Å². The molecule has 3 aromatic rings. The Hall–Kier alpha value is -3.32. The number of carboxylic acid groups (broad SMARTS) is 1. The van der Waals surface area contributed by atoms with Gasteiger partial charge in [0.05, 0.1) is 13.0 Å². The van der Waals surface area contributed by atoms with E-state index in [1.54, 1.807) is 0 Å². The quantitative estimate of drug-likeness (QED) is 0.489. The van der Waals surface area contributed by atoms with Crippen LogP contribution < -0.4 is 10.5 Å². The summed E-state index contributed by atoms with van der Waals surface area (Å²) in [5, 5.41) is 20.2. The van der Waals surface area contributed by atoms with Gasteiger partial charge in [-0.3, -0.25) is 4.79 Å². The Morgan fingerprint density at radius 2 is 1.97 bits per heavy atom. The Labute approximate surface area is 178 Å². The molecule has 0 saturated carbocycles. The first-order valence-electron chi connectivity index (χ1n) is 8.39. The molecule has 0 aliphatic carbocycles. The number of aliphatic carboxylic acids is 1. The fraction of sp³-hybridized carbons (Fsp3) is 0.235. The van der Waals surface area contributed by atoms with Crippen LogP contribution in [-0.2, 0) is 11.3 Å². The Morgan fingerprint density at radius 1 is 1.23 bits per heavy atom. The molecular weight excluding hydrogens is 448 g/mol. The summed E-state index contributed by atoms with van der Waals surface area (Å²) in [5.74, 6) is -4.18. The zero-order valence-corrected chi connectivity index (χ0v) is 16.3. The molecule has 31 heavy (non-hydrogen) atoms. The first-order valence-corrected chi connectivity index (χ1v) is 8.39. The number of rotatable bonds is 8. The maximum Gasteiger partial charge on any atom is 0.304 e. The van der Waals surface area contributed by atoms with E-state index in [0.29, 0.717) is 6.07 Å². The highest BCUT2D eigenvalue weighted by molar-refractivity contribution is 5.85. The van der Waals surface area contributed by atoms with Crippen molar-refractivity contribution in [2.45, 2.75) is 25.4 Å². The van der Waals surface area contributed by atoms with E-state index in [4.69, 9.17) is 15.6 Å². The number of benzene rings is 1. The topological polar surface area (TPSA) is 129 Å². The third-order valence-corrected chi connectivity index (χ3v) is 3.76. The van der Waals surface area contributed by atoms with Crippen molar-refractivity contribution in [3.05, 3.63) is 47.7 Å². The third kappa shape index (κ3) is 6.08. The van der Waals surface area contributed by atoms with Gasteiger partial charge < -0.3 is 15.6 Å². The van der Waals surface area contributed by atoms with Crippen molar-refractivity contribution in [2.24, 2.45) is 5.73 Å². The lowest BCUT2D eigenvalue weighted by Crippen LogP contribution is -2.30. The zero-order valence-electron chi connectivity index (χ0n) is 15.5. The van der Waals surface area contributed by atoms with Crippen LogP contribution in [0.4, 0.5) is 17.6 Å². The summed E-state index contributed by atoms with van der Waals surface area (Å²) in [4.78, 5) is 15.1. The highest BCUT2D eigenvalue weighted by Gasteiger charge is 2.17. The largest absolute Gasteiger partial charge is 0.481 e. The number of nitrogens with two attached hydrogens (primary N) is 1. The first kappa shape index (κ1) is 24.0. The normalized spacial score (nSPS) is 11.8. The highest BCUT2D eigenvalue weighted by atomic mass is 35.5. The van der Waals surface area contributed by atoms with Crippen molar-refractivity contribution in [2.75, 3.05) is 0 Å². The minimum absolute atomic E-state index is 0. The van der Waals surface area contributed by atoms with Crippen LogP contribution in [0.1, 0.15) is 18.4 Å². The van der Waals surface area contributed by atoms with Gasteiger partial charge in [0, 0.05) is 23.4 Å². The maximum absolute atomic E-state index is 14.4. The van der Waals surface area contributed by atoms with Crippen molar-refractivity contribution in [3.63, 3.8) is 0 Å². The van der Waals surface area contributed by atoms with E-state index in [9.17, 15) is 22.4 Å². The molecule has 0 bridgehead atoms. The van der Waals surface area contributed by atoms with Gasteiger partial charge in [0.25, 0.3) is 12.3 Å². The van der Waals surface area contributed by atoms with Gasteiger partial charge in [-0.25, -0.2) is 22.5 Å². The molecule has 0 aliphatic rings. The molecule has 2 heterocycles. The van der Waals surface area contributed by atoms with Gasteiger partial charge >= 0.3 is 5.97 Å². The first-order chi connectivity index (χ1) is 14.2. The predicted molar refractivity (Wildman–Crippen MR) is 99.9 cm³/mol. The fourth-order valence-electron chi connectivity index (χ4n) is 2.40. The van der Waals surface area contributed by atoms with Crippen LogP contribution in [0.5, 0.6) is 11.6 Å². The van der Waals surface area contributed by atoms with Gasteiger partial charge in [-0.2, -0.15) is 4.80 Å². The summed E-state index contributed by atoms with van der Waals surface area (Å²) in [6.07, 6.45) is -2.47. The molecule has 9 nitrogen and oxygen atoms in total. The number of ether oxygens (including phenoxy) is 1. The van der Waals surface area contributed by atoms with E-state index in [1.807, 2.05) is 0 Å². The zero-order chi connectivity index (χ0) is 21.8. The molecule has 0 radical (unpaired) electrons. The van der Waals surface area contributed by atoms with Crippen LogP contribution in [0.25, 0.3) is 11.4 Å². The van der Waals surface area contributed by atoms with Crippen LogP contribution in [0.2, 0.25) is 0 Å². The molecule has 14 heteroatoms. The standard InChI is InChI=1S/C17H14F4N6O3.ClH/c18-11-3-8(16-24-26-27(25-16)7-10(22)5-14(28)29)1-2-13(11)30-17-12(19)4-9(6-23-17)15(20)21;/h1-4,6,10,15H,5,7,22H2,(H,28,29);1H/t10-;/m0./s1. The number of carboxylic acids is 1.